The molecule has 0 aromatic carbocycles. The van der Waals surface area contributed by atoms with Gasteiger partial charge in [0, 0.05) is 25.6 Å². The first-order valence-corrected chi connectivity index (χ1v) is 5.76. The van der Waals surface area contributed by atoms with Crippen LogP contribution in [0.15, 0.2) is 21.9 Å². The summed E-state index contributed by atoms with van der Waals surface area (Å²) in [6.45, 7) is 0.931. The van der Waals surface area contributed by atoms with E-state index < -0.39 is 35.7 Å². The first-order valence-electron chi connectivity index (χ1n) is 5.76. The molecule has 8 heteroatoms. The van der Waals surface area contributed by atoms with Crippen molar-refractivity contribution in [3.05, 3.63) is 33.1 Å². The normalized spacial score (nSPS) is 26.3. The van der Waals surface area contributed by atoms with Crippen molar-refractivity contribution in [2.24, 2.45) is 0 Å². The second-order valence-electron chi connectivity index (χ2n) is 4.21. The van der Waals surface area contributed by atoms with E-state index in [0.29, 0.717) is 0 Å². The van der Waals surface area contributed by atoms with E-state index in [1.165, 1.54) is 23.8 Å². The van der Waals surface area contributed by atoms with Gasteiger partial charge in [-0.25, -0.2) is 4.79 Å². The van der Waals surface area contributed by atoms with Crippen LogP contribution in [0.5, 0.6) is 0 Å². The number of esters is 1. The van der Waals surface area contributed by atoms with E-state index in [2.05, 4.69) is 4.98 Å². The SMILES string of the molecule is CC(=O)OC1C[C@@H](n2ccc(=O)[nH]c2=O)O[C@H]1CO. The zero-order chi connectivity index (χ0) is 14.0. The summed E-state index contributed by atoms with van der Waals surface area (Å²) in [7, 11) is 0. The van der Waals surface area contributed by atoms with E-state index in [4.69, 9.17) is 14.6 Å². The average molecular weight is 270 g/mol. The maximum atomic E-state index is 11.6. The standard InChI is InChI=1S/C11H14N2O6/c1-6(15)18-7-4-10(19-8(7)5-14)13-3-2-9(16)12-11(13)17/h2-3,7-8,10,14H,4-5H2,1H3,(H,12,16,17)/t7?,8-,10-/m0/s1. The molecule has 104 valence electrons. The van der Waals surface area contributed by atoms with Gasteiger partial charge in [0.2, 0.25) is 0 Å². The number of aromatic amines is 1. The van der Waals surface area contributed by atoms with Crippen molar-refractivity contribution in [2.45, 2.75) is 31.8 Å². The lowest BCUT2D eigenvalue weighted by Crippen LogP contribution is -2.31. The molecule has 1 aromatic heterocycles. The summed E-state index contributed by atoms with van der Waals surface area (Å²) in [5, 5.41) is 9.17. The largest absolute Gasteiger partial charge is 0.460 e. The van der Waals surface area contributed by atoms with Crippen LogP contribution in [0.25, 0.3) is 0 Å². The Kier molecular flexibility index (Phi) is 3.82. The Morgan fingerprint density at radius 1 is 1.63 bits per heavy atom. The monoisotopic (exact) mass is 270 g/mol. The second-order valence-corrected chi connectivity index (χ2v) is 4.21. The van der Waals surface area contributed by atoms with Gasteiger partial charge in [0.25, 0.3) is 5.56 Å². The highest BCUT2D eigenvalue weighted by molar-refractivity contribution is 5.66. The maximum Gasteiger partial charge on any atom is 0.330 e. The number of H-pyrrole nitrogens is 1. The molecule has 1 aromatic rings. The lowest BCUT2D eigenvalue weighted by molar-refractivity contribution is -0.150. The van der Waals surface area contributed by atoms with E-state index in [-0.39, 0.29) is 13.0 Å². The molecule has 0 spiro atoms. The van der Waals surface area contributed by atoms with Gasteiger partial charge >= 0.3 is 11.7 Å². The van der Waals surface area contributed by atoms with Crippen LogP contribution in [0.4, 0.5) is 0 Å². The number of carbonyl (C=O) groups is 1. The van der Waals surface area contributed by atoms with Crippen LogP contribution in [0.1, 0.15) is 19.6 Å². The van der Waals surface area contributed by atoms with Crippen molar-refractivity contribution in [2.75, 3.05) is 6.61 Å². The molecule has 19 heavy (non-hydrogen) atoms. The molecule has 1 aliphatic heterocycles. The predicted octanol–water partition coefficient (Wildman–Crippen LogP) is -1.25. The van der Waals surface area contributed by atoms with Crippen molar-refractivity contribution in [1.29, 1.82) is 0 Å². The van der Waals surface area contributed by atoms with E-state index >= 15 is 0 Å². The summed E-state index contributed by atoms with van der Waals surface area (Å²) >= 11 is 0. The van der Waals surface area contributed by atoms with E-state index in [0.717, 1.165) is 0 Å². The zero-order valence-corrected chi connectivity index (χ0v) is 10.2. The Morgan fingerprint density at radius 3 is 2.95 bits per heavy atom. The third-order valence-electron chi connectivity index (χ3n) is 2.84. The minimum Gasteiger partial charge on any atom is -0.460 e. The second kappa shape index (κ2) is 5.37. The molecule has 3 atom stereocenters. The van der Waals surface area contributed by atoms with Crippen molar-refractivity contribution in [3.63, 3.8) is 0 Å². The molecule has 2 rings (SSSR count). The van der Waals surface area contributed by atoms with Crippen LogP contribution in [-0.4, -0.2) is 39.4 Å². The molecule has 0 aliphatic carbocycles. The summed E-state index contributed by atoms with van der Waals surface area (Å²) in [4.78, 5) is 35.6. The Labute approximate surface area is 107 Å². The van der Waals surface area contributed by atoms with Crippen LogP contribution < -0.4 is 11.2 Å². The predicted molar refractivity (Wildman–Crippen MR) is 62.5 cm³/mol. The molecule has 2 heterocycles. The number of aliphatic hydroxyl groups is 1. The van der Waals surface area contributed by atoms with Gasteiger partial charge in [0.15, 0.2) is 0 Å². The van der Waals surface area contributed by atoms with Crippen LogP contribution in [0.3, 0.4) is 0 Å². The number of aliphatic hydroxyl groups excluding tert-OH is 1. The molecule has 8 nitrogen and oxygen atoms in total. The van der Waals surface area contributed by atoms with Crippen molar-refractivity contribution in [3.8, 4) is 0 Å². The number of hydrogen-bond donors (Lipinski definition) is 2. The minimum atomic E-state index is -0.689. The fourth-order valence-electron chi connectivity index (χ4n) is 2.03. The first-order chi connectivity index (χ1) is 9.01. The van der Waals surface area contributed by atoms with Crippen molar-refractivity contribution in [1.82, 2.24) is 9.55 Å². The summed E-state index contributed by atoms with van der Waals surface area (Å²) in [5.41, 5.74) is -1.12. The quantitative estimate of drug-likeness (QED) is 0.664. The van der Waals surface area contributed by atoms with Crippen molar-refractivity contribution < 1.29 is 19.4 Å². The molecular formula is C11H14N2O6. The van der Waals surface area contributed by atoms with Gasteiger partial charge in [-0.05, 0) is 0 Å². The molecule has 1 unspecified atom stereocenters. The Bertz CT molecular complexity index is 577. The summed E-state index contributed by atoms with van der Waals surface area (Å²) in [6.07, 6.45) is -0.461. The molecule has 1 aliphatic rings. The molecule has 0 saturated carbocycles. The van der Waals surface area contributed by atoms with Crippen LogP contribution in [0.2, 0.25) is 0 Å². The molecule has 0 amide bonds. The van der Waals surface area contributed by atoms with Crippen molar-refractivity contribution >= 4 is 5.97 Å². The van der Waals surface area contributed by atoms with Gasteiger partial charge in [0.1, 0.15) is 18.4 Å². The fraction of sp³-hybridized carbons (Fsp3) is 0.545. The number of nitrogens with zero attached hydrogens (tertiary/aromatic N) is 1. The van der Waals surface area contributed by atoms with Crippen LogP contribution >= 0.6 is 0 Å². The van der Waals surface area contributed by atoms with E-state index in [9.17, 15) is 14.4 Å². The number of hydrogen-bond acceptors (Lipinski definition) is 6. The number of carbonyl (C=O) groups excluding carboxylic acids is 1. The number of ether oxygens (including phenoxy) is 2. The lowest BCUT2D eigenvalue weighted by Gasteiger charge is -2.15. The van der Waals surface area contributed by atoms with Gasteiger partial charge in [-0.1, -0.05) is 0 Å². The van der Waals surface area contributed by atoms with Gasteiger partial charge in [-0.15, -0.1) is 0 Å². The smallest absolute Gasteiger partial charge is 0.330 e. The average Bonchev–Trinajstić information content (AvgIpc) is 2.71. The molecule has 1 saturated heterocycles. The lowest BCUT2D eigenvalue weighted by atomic mass is 10.2. The van der Waals surface area contributed by atoms with Gasteiger partial charge in [-0.2, -0.15) is 0 Å². The number of rotatable bonds is 3. The highest BCUT2D eigenvalue weighted by Crippen LogP contribution is 2.29. The first kappa shape index (κ1) is 13.5. The third kappa shape index (κ3) is 2.91. The number of nitrogens with one attached hydrogen (secondary N) is 1. The zero-order valence-electron chi connectivity index (χ0n) is 10.2. The number of aromatic nitrogens is 2. The Balaban J connectivity index is 2.21. The van der Waals surface area contributed by atoms with Gasteiger partial charge in [0.05, 0.1) is 6.61 Å². The Morgan fingerprint density at radius 2 is 2.37 bits per heavy atom. The summed E-state index contributed by atoms with van der Waals surface area (Å²) < 4.78 is 11.7. The van der Waals surface area contributed by atoms with Crippen LogP contribution in [-0.2, 0) is 14.3 Å². The van der Waals surface area contributed by atoms with E-state index in [1.807, 2.05) is 0 Å². The summed E-state index contributed by atoms with van der Waals surface area (Å²) in [6, 6.07) is 1.19. The summed E-state index contributed by atoms with van der Waals surface area (Å²) in [5.74, 6) is -0.485. The topological polar surface area (TPSA) is 111 Å². The Hall–Kier alpha value is -1.93. The molecule has 0 bridgehead atoms. The van der Waals surface area contributed by atoms with Gasteiger partial charge in [-0.3, -0.25) is 19.1 Å². The molecule has 2 N–H and O–H groups in total. The third-order valence-corrected chi connectivity index (χ3v) is 2.84. The fourth-order valence-corrected chi connectivity index (χ4v) is 2.03. The molecule has 1 fully saturated rings. The molecule has 0 radical (unpaired) electrons. The highest BCUT2D eigenvalue weighted by Gasteiger charge is 2.38. The maximum absolute atomic E-state index is 11.6. The van der Waals surface area contributed by atoms with E-state index in [1.54, 1.807) is 0 Å². The van der Waals surface area contributed by atoms with Crippen LogP contribution in [0, 0.1) is 0 Å². The molecular weight excluding hydrogens is 256 g/mol. The van der Waals surface area contributed by atoms with Gasteiger partial charge < -0.3 is 14.6 Å². The highest BCUT2D eigenvalue weighted by atomic mass is 16.6. The minimum absolute atomic E-state index is 0.233.